The molecule has 2 aliphatic rings. The van der Waals surface area contributed by atoms with Crippen molar-refractivity contribution in [1.29, 1.82) is 0 Å². The topological polar surface area (TPSA) is 32.7 Å². The first-order valence-corrected chi connectivity index (χ1v) is 6.69. The monoisotopic (exact) mass is 227 g/mol. The third-order valence-electron chi connectivity index (χ3n) is 4.15. The summed E-state index contributed by atoms with van der Waals surface area (Å²) in [7, 11) is 0. The second-order valence-corrected chi connectivity index (χ2v) is 5.64. The van der Waals surface area contributed by atoms with E-state index < -0.39 is 0 Å². The van der Waals surface area contributed by atoms with E-state index in [1.165, 1.54) is 32.4 Å². The SMILES string of the molecule is CCCC1CCN(CC2(CO)CCOC2)C1. The highest BCUT2D eigenvalue weighted by molar-refractivity contribution is 4.88. The predicted octanol–water partition coefficient (Wildman–Crippen LogP) is 1.51. The van der Waals surface area contributed by atoms with E-state index in [2.05, 4.69) is 11.8 Å². The van der Waals surface area contributed by atoms with E-state index in [1.54, 1.807) is 0 Å². The summed E-state index contributed by atoms with van der Waals surface area (Å²) in [6, 6.07) is 0. The molecular formula is C13H25NO2. The molecule has 0 bridgehead atoms. The van der Waals surface area contributed by atoms with Crippen LogP contribution in [0.1, 0.15) is 32.6 Å². The number of aliphatic hydroxyl groups is 1. The molecular weight excluding hydrogens is 202 g/mol. The molecule has 3 nitrogen and oxygen atoms in total. The minimum Gasteiger partial charge on any atom is -0.396 e. The zero-order valence-corrected chi connectivity index (χ0v) is 10.5. The Morgan fingerprint density at radius 2 is 2.38 bits per heavy atom. The molecule has 0 saturated carbocycles. The molecule has 16 heavy (non-hydrogen) atoms. The summed E-state index contributed by atoms with van der Waals surface area (Å²) in [6.45, 7) is 7.60. The zero-order chi connectivity index (χ0) is 11.4. The van der Waals surface area contributed by atoms with Crippen LogP contribution in [0.25, 0.3) is 0 Å². The zero-order valence-electron chi connectivity index (χ0n) is 10.5. The molecule has 0 aromatic carbocycles. The van der Waals surface area contributed by atoms with Crippen LogP contribution < -0.4 is 0 Å². The second kappa shape index (κ2) is 5.48. The van der Waals surface area contributed by atoms with E-state index in [0.717, 1.165) is 32.1 Å². The molecule has 2 rings (SSSR count). The summed E-state index contributed by atoms with van der Waals surface area (Å²) in [6.07, 6.45) is 5.03. The van der Waals surface area contributed by atoms with Crippen molar-refractivity contribution >= 4 is 0 Å². The maximum absolute atomic E-state index is 9.54. The number of ether oxygens (including phenoxy) is 1. The maximum atomic E-state index is 9.54. The molecule has 0 radical (unpaired) electrons. The van der Waals surface area contributed by atoms with Gasteiger partial charge in [0.1, 0.15) is 0 Å². The molecule has 2 saturated heterocycles. The van der Waals surface area contributed by atoms with Crippen molar-refractivity contribution in [1.82, 2.24) is 4.90 Å². The maximum Gasteiger partial charge on any atom is 0.0557 e. The molecule has 2 atom stereocenters. The fourth-order valence-corrected chi connectivity index (χ4v) is 3.12. The van der Waals surface area contributed by atoms with Gasteiger partial charge in [0.05, 0.1) is 13.2 Å². The van der Waals surface area contributed by atoms with E-state index >= 15 is 0 Å². The Morgan fingerprint density at radius 1 is 1.50 bits per heavy atom. The molecule has 0 amide bonds. The van der Waals surface area contributed by atoms with Gasteiger partial charge in [-0.2, -0.15) is 0 Å². The van der Waals surface area contributed by atoms with Gasteiger partial charge < -0.3 is 14.7 Å². The Hall–Kier alpha value is -0.120. The lowest BCUT2D eigenvalue weighted by Gasteiger charge is -2.30. The highest BCUT2D eigenvalue weighted by Crippen LogP contribution is 2.31. The van der Waals surface area contributed by atoms with E-state index in [0.29, 0.717) is 0 Å². The minimum atomic E-state index is 0.0428. The van der Waals surface area contributed by atoms with Gasteiger partial charge in [0.15, 0.2) is 0 Å². The Balaban J connectivity index is 1.81. The van der Waals surface area contributed by atoms with Crippen LogP contribution in [0.3, 0.4) is 0 Å². The van der Waals surface area contributed by atoms with Gasteiger partial charge in [-0.15, -0.1) is 0 Å². The molecule has 2 aliphatic heterocycles. The Morgan fingerprint density at radius 3 is 3.00 bits per heavy atom. The smallest absolute Gasteiger partial charge is 0.0557 e. The van der Waals surface area contributed by atoms with Crippen molar-refractivity contribution in [3.05, 3.63) is 0 Å². The number of hydrogen-bond donors (Lipinski definition) is 1. The molecule has 1 N–H and O–H groups in total. The van der Waals surface area contributed by atoms with Crippen molar-refractivity contribution in [2.24, 2.45) is 11.3 Å². The number of aliphatic hydroxyl groups excluding tert-OH is 1. The lowest BCUT2D eigenvalue weighted by atomic mass is 9.88. The van der Waals surface area contributed by atoms with Crippen LogP contribution in [-0.4, -0.2) is 49.5 Å². The van der Waals surface area contributed by atoms with E-state index in [1.807, 2.05) is 0 Å². The lowest BCUT2D eigenvalue weighted by Crippen LogP contribution is -2.39. The molecule has 0 aliphatic carbocycles. The van der Waals surface area contributed by atoms with Gasteiger partial charge in [-0.3, -0.25) is 0 Å². The second-order valence-electron chi connectivity index (χ2n) is 5.64. The molecule has 0 spiro atoms. The van der Waals surface area contributed by atoms with Crippen LogP contribution in [0.5, 0.6) is 0 Å². The Kier molecular flexibility index (Phi) is 4.22. The van der Waals surface area contributed by atoms with E-state index in [-0.39, 0.29) is 12.0 Å². The van der Waals surface area contributed by atoms with Crippen molar-refractivity contribution in [3.63, 3.8) is 0 Å². The van der Waals surface area contributed by atoms with Gasteiger partial charge in [-0.1, -0.05) is 13.3 Å². The molecule has 0 aromatic rings. The van der Waals surface area contributed by atoms with Gasteiger partial charge >= 0.3 is 0 Å². The highest BCUT2D eigenvalue weighted by Gasteiger charge is 2.37. The summed E-state index contributed by atoms with van der Waals surface area (Å²) < 4.78 is 5.45. The van der Waals surface area contributed by atoms with Crippen molar-refractivity contribution in [3.8, 4) is 0 Å². The average molecular weight is 227 g/mol. The minimum absolute atomic E-state index is 0.0428. The van der Waals surface area contributed by atoms with Gasteiger partial charge in [0.2, 0.25) is 0 Å². The van der Waals surface area contributed by atoms with Crippen LogP contribution in [-0.2, 0) is 4.74 Å². The van der Waals surface area contributed by atoms with Gasteiger partial charge in [-0.25, -0.2) is 0 Å². The van der Waals surface area contributed by atoms with Crippen molar-refractivity contribution < 1.29 is 9.84 Å². The third-order valence-corrected chi connectivity index (χ3v) is 4.15. The van der Waals surface area contributed by atoms with E-state index in [9.17, 15) is 5.11 Å². The van der Waals surface area contributed by atoms with E-state index in [4.69, 9.17) is 4.74 Å². The Labute approximate surface area is 98.8 Å². The van der Waals surface area contributed by atoms with Crippen LogP contribution in [0.2, 0.25) is 0 Å². The highest BCUT2D eigenvalue weighted by atomic mass is 16.5. The summed E-state index contributed by atoms with van der Waals surface area (Å²) in [4.78, 5) is 2.53. The number of likely N-dealkylation sites (tertiary alicyclic amines) is 1. The largest absolute Gasteiger partial charge is 0.396 e. The van der Waals surface area contributed by atoms with Crippen molar-refractivity contribution in [2.75, 3.05) is 39.5 Å². The molecule has 94 valence electrons. The summed E-state index contributed by atoms with van der Waals surface area (Å²) in [5.74, 6) is 0.892. The number of nitrogens with zero attached hydrogens (tertiary/aromatic N) is 1. The van der Waals surface area contributed by atoms with Crippen LogP contribution in [0, 0.1) is 11.3 Å². The first-order chi connectivity index (χ1) is 7.78. The molecule has 2 unspecified atom stereocenters. The van der Waals surface area contributed by atoms with Gasteiger partial charge in [0, 0.05) is 25.1 Å². The van der Waals surface area contributed by atoms with Crippen LogP contribution in [0.4, 0.5) is 0 Å². The molecule has 2 fully saturated rings. The number of rotatable bonds is 5. The summed E-state index contributed by atoms with van der Waals surface area (Å²) >= 11 is 0. The van der Waals surface area contributed by atoms with Gasteiger partial charge in [0.25, 0.3) is 0 Å². The average Bonchev–Trinajstić information content (AvgIpc) is 2.90. The number of hydrogen-bond acceptors (Lipinski definition) is 3. The van der Waals surface area contributed by atoms with Gasteiger partial charge in [-0.05, 0) is 31.7 Å². The standard InChI is InChI=1S/C13H25NO2/c1-2-3-12-4-6-14(8-12)9-13(10-15)5-7-16-11-13/h12,15H,2-11H2,1H3. The fourth-order valence-electron chi connectivity index (χ4n) is 3.12. The normalized spacial score (nSPS) is 36.0. The molecule has 2 heterocycles. The first kappa shape index (κ1) is 12.3. The van der Waals surface area contributed by atoms with Crippen LogP contribution >= 0.6 is 0 Å². The summed E-state index contributed by atoms with van der Waals surface area (Å²) in [5, 5.41) is 9.54. The molecule has 3 heteroatoms. The predicted molar refractivity (Wildman–Crippen MR) is 64.4 cm³/mol. The fraction of sp³-hybridized carbons (Fsp3) is 1.00. The third kappa shape index (κ3) is 2.76. The van der Waals surface area contributed by atoms with Crippen LogP contribution in [0.15, 0.2) is 0 Å². The van der Waals surface area contributed by atoms with Crippen molar-refractivity contribution in [2.45, 2.75) is 32.6 Å². The summed E-state index contributed by atoms with van der Waals surface area (Å²) in [5.41, 5.74) is 0.0428. The first-order valence-electron chi connectivity index (χ1n) is 6.69. The quantitative estimate of drug-likeness (QED) is 0.772. The molecule has 0 aromatic heterocycles. The lowest BCUT2D eigenvalue weighted by molar-refractivity contribution is 0.0627. The Bertz CT molecular complexity index is 214.